The van der Waals surface area contributed by atoms with E-state index in [1.165, 1.54) is 20.3 Å². The van der Waals surface area contributed by atoms with Gasteiger partial charge in [-0.15, -0.1) is 0 Å². The molecule has 0 aliphatic heterocycles. The maximum atomic E-state index is 10.6. The summed E-state index contributed by atoms with van der Waals surface area (Å²) in [6.45, 7) is 0. The van der Waals surface area contributed by atoms with Crippen LogP contribution in [0.15, 0.2) is 6.07 Å². The highest BCUT2D eigenvalue weighted by Crippen LogP contribution is 2.35. The van der Waals surface area contributed by atoms with Crippen LogP contribution in [0.5, 0.6) is 10.1 Å². The van der Waals surface area contributed by atoms with E-state index in [9.17, 15) is 4.79 Å². The first-order valence-electron chi connectivity index (χ1n) is 3.14. The molecule has 1 aromatic heterocycles. The summed E-state index contributed by atoms with van der Waals surface area (Å²) in [7, 11) is 2.91. The molecule has 1 N–H and O–H groups in total. The van der Waals surface area contributed by atoms with Gasteiger partial charge in [0.25, 0.3) is 0 Å². The molecule has 0 spiro atoms. The number of rotatable bonds is 3. The normalized spacial score (nSPS) is 9.50. The van der Waals surface area contributed by atoms with Gasteiger partial charge in [0.2, 0.25) is 0 Å². The second-order valence-corrected chi connectivity index (χ2v) is 2.96. The van der Waals surface area contributed by atoms with E-state index >= 15 is 0 Å². The van der Waals surface area contributed by atoms with Gasteiger partial charge in [0, 0.05) is 6.07 Å². The van der Waals surface area contributed by atoms with Crippen LogP contribution in [0.25, 0.3) is 0 Å². The van der Waals surface area contributed by atoms with E-state index < -0.39 is 5.97 Å². The zero-order valence-electron chi connectivity index (χ0n) is 6.66. The van der Waals surface area contributed by atoms with Gasteiger partial charge < -0.3 is 14.6 Å². The SMILES string of the molecule is COc1cc(C(=O)O)c(OC)s1. The third kappa shape index (κ3) is 1.50. The van der Waals surface area contributed by atoms with E-state index in [4.69, 9.17) is 14.6 Å². The smallest absolute Gasteiger partial charge is 0.340 e. The monoisotopic (exact) mass is 188 g/mol. The number of hydrogen-bond donors (Lipinski definition) is 1. The summed E-state index contributed by atoms with van der Waals surface area (Å²) in [5.41, 5.74) is 0.138. The van der Waals surface area contributed by atoms with E-state index in [1.54, 1.807) is 0 Å². The molecule has 1 aromatic rings. The van der Waals surface area contributed by atoms with Gasteiger partial charge in [-0.1, -0.05) is 11.3 Å². The van der Waals surface area contributed by atoms with Crippen molar-refractivity contribution < 1.29 is 19.4 Å². The molecule has 0 bridgehead atoms. The summed E-state index contributed by atoms with van der Waals surface area (Å²) >= 11 is 1.16. The van der Waals surface area contributed by atoms with Crippen LogP contribution in [0.4, 0.5) is 0 Å². The minimum atomic E-state index is -1.01. The van der Waals surface area contributed by atoms with Crippen molar-refractivity contribution >= 4 is 17.3 Å². The first kappa shape index (κ1) is 8.86. The highest BCUT2D eigenvalue weighted by molar-refractivity contribution is 7.16. The fraction of sp³-hybridized carbons (Fsp3) is 0.286. The lowest BCUT2D eigenvalue weighted by Gasteiger charge is -1.94. The third-order valence-electron chi connectivity index (χ3n) is 1.29. The highest BCUT2D eigenvalue weighted by atomic mass is 32.1. The summed E-state index contributed by atoms with van der Waals surface area (Å²) in [5, 5.41) is 9.57. The Morgan fingerprint density at radius 2 is 2.17 bits per heavy atom. The van der Waals surface area contributed by atoms with Crippen molar-refractivity contribution in [1.29, 1.82) is 0 Å². The molecule has 5 heteroatoms. The molecule has 0 fully saturated rings. The standard InChI is InChI=1S/C7H8O4S/c1-10-5-3-4(6(8)9)7(11-2)12-5/h3H,1-2H3,(H,8,9). The van der Waals surface area contributed by atoms with Gasteiger partial charge in [-0.3, -0.25) is 0 Å². The Morgan fingerprint density at radius 3 is 2.50 bits per heavy atom. The van der Waals surface area contributed by atoms with Gasteiger partial charge in [0.05, 0.1) is 14.2 Å². The second kappa shape index (κ2) is 3.44. The molecule has 4 nitrogen and oxygen atoms in total. The van der Waals surface area contributed by atoms with E-state index in [2.05, 4.69) is 0 Å². The van der Waals surface area contributed by atoms with Gasteiger partial charge in [-0.2, -0.15) is 0 Å². The highest BCUT2D eigenvalue weighted by Gasteiger charge is 2.15. The molecule has 0 saturated carbocycles. The molecule has 66 valence electrons. The largest absolute Gasteiger partial charge is 0.487 e. The molecule has 0 unspecified atom stereocenters. The van der Waals surface area contributed by atoms with Crippen molar-refractivity contribution in [3.63, 3.8) is 0 Å². The average molecular weight is 188 g/mol. The fourth-order valence-corrected chi connectivity index (χ4v) is 1.54. The van der Waals surface area contributed by atoms with E-state index in [-0.39, 0.29) is 5.56 Å². The Balaban J connectivity index is 3.08. The van der Waals surface area contributed by atoms with Gasteiger partial charge in [0.1, 0.15) is 5.56 Å². The molecule has 12 heavy (non-hydrogen) atoms. The van der Waals surface area contributed by atoms with E-state index in [0.717, 1.165) is 11.3 Å². The van der Waals surface area contributed by atoms with Crippen LogP contribution in [0, 0.1) is 0 Å². The topological polar surface area (TPSA) is 55.8 Å². The molecule has 0 aliphatic carbocycles. The lowest BCUT2D eigenvalue weighted by Crippen LogP contribution is -1.95. The number of carbonyl (C=O) groups is 1. The minimum absolute atomic E-state index is 0.138. The quantitative estimate of drug-likeness (QED) is 0.780. The summed E-state index contributed by atoms with van der Waals surface area (Å²) in [6.07, 6.45) is 0. The Labute approximate surface area is 73.3 Å². The maximum Gasteiger partial charge on any atom is 0.340 e. The first-order valence-corrected chi connectivity index (χ1v) is 3.95. The lowest BCUT2D eigenvalue weighted by atomic mass is 10.3. The number of hydrogen-bond acceptors (Lipinski definition) is 4. The Hall–Kier alpha value is -1.23. The molecule has 0 atom stereocenters. The van der Waals surface area contributed by atoms with Crippen molar-refractivity contribution in [3.8, 4) is 10.1 Å². The van der Waals surface area contributed by atoms with E-state index in [0.29, 0.717) is 10.1 Å². The van der Waals surface area contributed by atoms with Crippen LogP contribution in [0.3, 0.4) is 0 Å². The predicted octanol–water partition coefficient (Wildman–Crippen LogP) is 1.46. The van der Waals surface area contributed by atoms with Crippen LogP contribution < -0.4 is 9.47 Å². The minimum Gasteiger partial charge on any atom is -0.487 e. The third-order valence-corrected chi connectivity index (χ3v) is 2.35. The zero-order valence-corrected chi connectivity index (χ0v) is 7.47. The molecule has 1 rings (SSSR count). The zero-order chi connectivity index (χ0) is 9.14. The maximum absolute atomic E-state index is 10.6. The van der Waals surface area contributed by atoms with Crippen LogP contribution in [0.2, 0.25) is 0 Å². The molecular formula is C7H8O4S. The number of carboxylic acids is 1. The number of methoxy groups -OCH3 is 2. The molecule has 1 heterocycles. The second-order valence-electron chi connectivity index (χ2n) is 1.98. The summed E-state index contributed by atoms with van der Waals surface area (Å²) in [4.78, 5) is 10.6. The van der Waals surface area contributed by atoms with Crippen molar-refractivity contribution in [3.05, 3.63) is 11.6 Å². The van der Waals surface area contributed by atoms with Crippen molar-refractivity contribution in [2.45, 2.75) is 0 Å². The van der Waals surface area contributed by atoms with Gasteiger partial charge in [-0.25, -0.2) is 4.79 Å². The van der Waals surface area contributed by atoms with Crippen LogP contribution in [-0.2, 0) is 0 Å². The number of carboxylic acid groups (broad SMARTS) is 1. The van der Waals surface area contributed by atoms with Gasteiger partial charge in [-0.05, 0) is 0 Å². The lowest BCUT2D eigenvalue weighted by molar-refractivity contribution is 0.0694. The fourth-order valence-electron chi connectivity index (χ4n) is 0.754. The number of ether oxygens (including phenoxy) is 2. The van der Waals surface area contributed by atoms with Crippen molar-refractivity contribution in [1.82, 2.24) is 0 Å². The van der Waals surface area contributed by atoms with Gasteiger partial charge in [0.15, 0.2) is 10.1 Å². The summed E-state index contributed by atoms with van der Waals surface area (Å²) in [5.74, 6) is -1.01. The number of thiophene rings is 1. The first-order chi connectivity index (χ1) is 5.69. The molecular weight excluding hydrogens is 180 g/mol. The molecule has 0 radical (unpaired) electrons. The summed E-state index contributed by atoms with van der Waals surface area (Å²) < 4.78 is 9.71. The van der Waals surface area contributed by atoms with Crippen LogP contribution in [-0.4, -0.2) is 25.3 Å². The average Bonchev–Trinajstić information content (AvgIpc) is 2.47. The van der Waals surface area contributed by atoms with E-state index in [1.807, 2.05) is 0 Å². The molecule has 0 amide bonds. The molecule has 0 aromatic carbocycles. The number of aromatic carboxylic acids is 1. The molecule has 0 aliphatic rings. The Morgan fingerprint density at radius 1 is 1.50 bits per heavy atom. The molecule has 0 saturated heterocycles. The predicted molar refractivity (Wildman–Crippen MR) is 44.4 cm³/mol. The Bertz CT molecular complexity index is 292. The Kier molecular flexibility index (Phi) is 2.54. The van der Waals surface area contributed by atoms with Crippen LogP contribution >= 0.6 is 11.3 Å². The van der Waals surface area contributed by atoms with Crippen molar-refractivity contribution in [2.24, 2.45) is 0 Å². The van der Waals surface area contributed by atoms with Crippen molar-refractivity contribution in [2.75, 3.05) is 14.2 Å². The van der Waals surface area contributed by atoms with Crippen LogP contribution in [0.1, 0.15) is 10.4 Å². The van der Waals surface area contributed by atoms with Gasteiger partial charge >= 0.3 is 5.97 Å². The summed E-state index contributed by atoms with van der Waals surface area (Å²) in [6, 6.07) is 1.44.